The second kappa shape index (κ2) is 6.22. The quantitative estimate of drug-likeness (QED) is 0.798. The van der Waals surface area contributed by atoms with E-state index >= 15 is 0 Å². The van der Waals surface area contributed by atoms with Gasteiger partial charge in [-0.25, -0.2) is 9.97 Å². The van der Waals surface area contributed by atoms with Gasteiger partial charge in [0, 0.05) is 54.3 Å². The van der Waals surface area contributed by atoms with Crippen molar-refractivity contribution >= 4 is 33.9 Å². The number of benzene rings is 1. The lowest BCUT2D eigenvalue weighted by Crippen LogP contribution is -2.47. The van der Waals surface area contributed by atoms with E-state index in [2.05, 4.69) is 35.7 Å². The highest BCUT2D eigenvalue weighted by molar-refractivity contribution is 9.10. The minimum absolute atomic E-state index is 0.716. The lowest BCUT2D eigenvalue weighted by molar-refractivity contribution is 0.112. The molecule has 0 radical (unpaired) electrons. The molecule has 0 bridgehead atoms. The van der Waals surface area contributed by atoms with Crippen molar-refractivity contribution in [3.05, 3.63) is 46.7 Å². The summed E-state index contributed by atoms with van der Waals surface area (Å²) in [4.78, 5) is 24.2. The second-order valence-electron chi connectivity index (χ2n) is 4.84. The average Bonchev–Trinajstić information content (AvgIpc) is 2.56. The molecule has 0 amide bonds. The smallest absolute Gasteiger partial charge is 0.225 e. The number of aldehydes is 1. The third kappa shape index (κ3) is 3.05. The monoisotopic (exact) mass is 346 g/mol. The average molecular weight is 347 g/mol. The zero-order valence-electron chi connectivity index (χ0n) is 11.4. The van der Waals surface area contributed by atoms with E-state index in [1.807, 2.05) is 24.3 Å². The first kappa shape index (κ1) is 14.0. The van der Waals surface area contributed by atoms with E-state index in [0.717, 1.165) is 48.6 Å². The molecule has 6 heteroatoms. The Hall–Kier alpha value is -1.95. The molecular formula is C15H15BrN4O. The van der Waals surface area contributed by atoms with E-state index in [1.54, 1.807) is 12.4 Å². The van der Waals surface area contributed by atoms with Crippen molar-refractivity contribution in [2.75, 3.05) is 36.0 Å². The van der Waals surface area contributed by atoms with Crippen molar-refractivity contribution in [2.24, 2.45) is 0 Å². The number of carbonyl (C=O) groups is 1. The number of halogens is 1. The molecule has 2 heterocycles. The van der Waals surface area contributed by atoms with Crippen molar-refractivity contribution < 1.29 is 4.79 Å². The Morgan fingerprint density at radius 3 is 2.38 bits per heavy atom. The molecule has 5 nitrogen and oxygen atoms in total. The summed E-state index contributed by atoms with van der Waals surface area (Å²) in [5.41, 5.74) is 1.70. The molecule has 108 valence electrons. The standard InChI is InChI=1S/C15H15BrN4O/c16-13-2-3-14(12(10-13)11-21)19-6-8-20(9-7-19)15-17-4-1-5-18-15/h1-5,10-11H,6-9H2. The van der Waals surface area contributed by atoms with Crippen LogP contribution in [0, 0.1) is 0 Å². The molecule has 1 aliphatic heterocycles. The normalized spacial score (nSPS) is 15.1. The number of anilines is 2. The number of rotatable bonds is 3. The number of nitrogens with zero attached hydrogens (tertiary/aromatic N) is 4. The summed E-state index contributed by atoms with van der Waals surface area (Å²) in [6.45, 7) is 3.39. The molecule has 0 aliphatic carbocycles. The van der Waals surface area contributed by atoms with Crippen LogP contribution in [0.4, 0.5) is 11.6 Å². The number of piperazine rings is 1. The van der Waals surface area contributed by atoms with E-state index in [1.165, 1.54) is 0 Å². The topological polar surface area (TPSA) is 49.3 Å². The van der Waals surface area contributed by atoms with E-state index in [9.17, 15) is 4.79 Å². The van der Waals surface area contributed by atoms with Gasteiger partial charge < -0.3 is 9.80 Å². The molecule has 0 atom stereocenters. The fraction of sp³-hybridized carbons (Fsp3) is 0.267. The van der Waals surface area contributed by atoms with Crippen LogP contribution in [0.25, 0.3) is 0 Å². The first-order valence-electron chi connectivity index (χ1n) is 6.79. The van der Waals surface area contributed by atoms with Crippen LogP contribution in [-0.4, -0.2) is 42.4 Å². The first-order chi connectivity index (χ1) is 10.3. The van der Waals surface area contributed by atoms with Gasteiger partial charge in [-0.3, -0.25) is 4.79 Å². The summed E-state index contributed by atoms with van der Waals surface area (Å²) < 4.78 is 0.921. The number of hydrogen-bond donors (Lipinski definition) is 0. The predicted octanol–water partition coefficient (Wildman–Crippen LogP) is 2.38. The number of aromatic nitrogens is 2. The minimum Gasteiger partial charge on any atom is -0.367 e. The Morgan fingerprint density at radius 2 is 1.71 bits per heavy atom. The Balaban J connectivity index is 1.73. The van der Waals surface area contributed by atoms with Crippen LogP contribution < -0.4 is 9.80 Å². The van der Waals surface area contributed by atoms with Crippen LogP contribution in [0.5, 0.6) is 0 Å². The zero-order chi connectivity index (χ0) is 14.7. The predicted molar refractivity (Wildman–Crippen MR) is 86.0 cm³/mol. The summed E-state index contributed by atoms with van der Waals surface area (Å²) in [6.07, 6.45) is 4.43. The molecule has 0 unspecified atom stereocenters. The molecule has 21 heavy (non-hydrogen) atoms. The molecule has 1 fully saturated rings. The number of hydrogen-bond acceptors (Lipinski definition) is 5. The van der Waals surface area contributed by atoms with Crippen LogP contribution in [0.2, 0.25) is 0 Å². The third-order valence-electron chi connectivity index (χ3n) is 3.57. The van der Waals surface area contributed by atoms with Crippen LogP contribution in [0.1, 0.15) is 10.4 Å². The van der Waals surface area contributed by atoms with Gasteiger partial charge in [0.15, 0.2) is 6.29 Å². The lowest BCUT2D eigenvalue weighted by Gasteiger charge is -2.36. The zero-order valence-corrected chi connectivity index (χ0v) is 13.0. The van der Waals surface area contributed by atoms with Gasteiger partial charge in [0.05, 0.1) is 0 Å². The molecule has 2 aromatic rings. The fourth-order valence-electron chi connectivity index (χ4n) is 2.51. The largest absolute Gasteiger partial charge is 0.367 e. The maximum atomic E-state index is 11.2. The molecular weight excluding hydrogens is 332 g/mol. The molecule has 0 saturated carbocycles. The lowest BCUT2D eigenvalue weighted by atomic mass is 10.1. The Morgan fingerprint density at radius 1 is 1.05 bits per heavy atom. The molecule has 0 spiro atoms. The Bertz CT molecular complexity index is 627. The Labute approximate surface area is 131 Å². The van der Waals surface area contributed by atoms with Gasteiger partial charge in [-0.2, -0.15) is 0 Å². The summed E-state index contributed by atoms with van der Waals surface area (Å²) >= 11 is 3.40. The van der Waals surface area contributed by atoms with Gasteiger partial charge in [-0.05, 0) is 24.3 Å². The van der Waals surface area contributed by atoms with Crippen LogP contribution in [0.15, 0.2) is 41.1 Å². The van der Waals surface area contributed by atoms with Gasteiger partial charge in [0.2, 0.25) is 5.95 Å². The molecule has 3 rings (SSSR count). The third-order valence-corrected chi connectivity index (χ3v) is 4.07. The SMILES string of the molecule is O=Cc1cc(Br)ccc1N1CCN(c2ncccn2)CC1. The van der Waals surface area contributed by atoms with Crippen molar-refractivity contribution in [3.63, 3.8) is 0 Å². The molecule has 0 N–H and O–H groups in total. The first-order valence-corrected chi connectivity index (χ1v) is 7.59. The second-order valence-corrected chi connectivity index (χ2v) is 5.76. The maximum absolute atomic E-state index is 11.2. The highest BCUT2D eigenvalue weighted by Gasteiger charge is 2.20. The van der Waals surface area contributed by atoms with Gasteiger partial charge in [0.1, 0.15) is 0 Å². The summed E-state index contributed by atoms with van der Waals surface area (Å²) in [7, 11) is 0. The molecule has 1 aliphatic rings. The molecule has 1 aromatic heterocycles. The van der Waals surface area contributed by atoms with Crippen molar-refractivity contribution in [1.82, 2.24) is 9.97 Å². The van der Waals surface area contributed by atoms with Crippen molar-refractivity contribution in [2.45, 2.75) is 0 Å². The Kier molecular flexibility index (Phi) is 4.15. The van der Waals surface area contributed by atoms with Crippen LogP contribution >= 0.6 is 15.9 Å². The summed E-state index contributed by atoms with van der Waals surface area (Å²) in [6, 6.07) is 7.63. The van der Waals surface area contributed by atoms with Gasteiger partial charge in [-0.15, -0.1) is 0 Å². The van der Waals surface area contributed by atoms with E-state index in [-0.39, 0.29) is 0 Å². The van der Waals surface area contributed by atoms with E-state index in [0.29, 0.717) is 5.56 Å². The van der Waals surface area contributed by atoms with Gasteiger partial charge in [0.25, 0.3) is 0 Å². The molecule has 1 saturated heterocycles. The highest BCUT2D eigenvalue weighted by atomic mass is 79.9. The molecule has 1 aromatic carbocycles. The van der Waals surface area contributed by atoms with Crippen LogP contribution in [-0.2, 0) is 0 Å². The minimum atomic E-state index is 0.716. The van der Waals surface area contributed by atoms with Gasteiger partial charge in [-0.1, -0.05) is 15.9 Å². The van der Waals surface area contributed by atoms with Crippen LogP contribution in [0.3, 0.4) is 0 Å². The summed E-state index contributed by atoms with van der Waals surface area (Å²) in [5.74, 6) is 0.767. The van der Waals surface area contributed by atoms with E-state index in [4.69, 9.17) is 0 Å². The maximum Gasteiger partial charge on any atom is 0.225 e. The van der Waals surface area contributed by atoms with Gasteiger partial charge >= 0.3 is 0 Å². The number of carbonyl (C=O) groups excluding carboxylic acids is 1. The van der Waals surface area contributed by atoms with E-state index < -0.39 is 0 Å². The highest BCUT2D eigenvalue weighted by Crippen LogP contribution is 2.25. The van der Waals surface area contributed by atoms with Crippen molar-refractivity contribution in [3.8, 4) is 0 Å². The van der Waals surface area contributed by atoms with Crippen molar-refractivity contribution in [1.29, 1.82) is 0 Å². The fourth-order valence-corrected chi connectivity index (χ4v) is 2.89. The summed E-state index contributed by atoms with van der Waals surface area (Å²) in [5, 5.41) is 0.